The summed E-state index contributed by atoms with van der Waals surface area (Å²) in [4.78, 5) is 30.7. The van der Waals surface area contributed by atoms with Crippen LogP contribution in [0.1, 0.15) is 10.7 Å². The average Bonchev–Trinajstić information content (AvgIpc) is 3.25. The van der Waals surface area contributed by atoms with Crippen molar-refractivity contribution in [3.05, 3.63) is 45.1 Å². The summed E-state index contributed by atoms with van der Waals surface area (Å²) in [6.07, 6.45) is 0. The number of thiazole rings is 1. The standard InChI is InChI=1S/C16H16ClFN4O2S2/c1-9-20-11(6-26-9)5-19-15(23)14-7-25-8-22(14)16(24)21-10-2-3-13(18)12(17)4-10/h2-4,6,14H,5,7-8H2,1H3,(H,19,23)(H,21,24)/t14-/m1/s1. The Balaban J connectivity index is 1.60. The molecule has 0 aliphatic carbocycles. The van der Waals surface area contributed by atoms with Crippen molar-refractivity contribution in [2.24, 2.45) is 0 Å². The number of hydrogen-bond acceptors (Lipinski definition) is 5. The highest BCUT2D eigenvalue weighted by Crippen LogP contribution is 2.24. The predicted molar refractivity (Wildman–Crippen MR) is 102 cm³/mol. The molecule has 1 fully saturated rings. The fourth-order valence-corrected chi connectivity index (χ4v) is 4.36. The molecule has 2 heterocycles. The van der Waals surface area contributed by atoms with Gasteiger partial charge in [-0.2, -0.15) is 0 Å². The zero-order chi connectivity index (χ0) is 18.7. The van der Waals surface area contributed by atoms with E-state index in [0.29, 0.717) is 23.9 Å². The summed E-state index contributed by atoms with van der Waals surface area (Å²) in [7, 11) is 0. The molecule has 3 rings (SSSR count). The van der Waals surface area contributed by atoms with Crippen LogP contribution in [0.2, 0.25) is 5.02 Å². The first-order valence-electron chi connectivity index (χ1n) is 7.73. The fraction of sp³-hybridized carbons (Fsp3) is 0.312. The lowest BCUT2D eigenvalue weighted by Crippen LogP contribution is -2.48. The molecular formula is C16H16ClFN4O2S2. The van der Waals surface area contributed by atoms with Gasteiger partial charge in [0.25, 0.3) is 0 Å². The third-order valence-electron chi connectivity index (χ3n) is 3.73. The number of carbonyl (C=O) groups excluding carboxylic acids is 2. The number of aryl methyl sites for hydroxylation is 1. The molecule has 0 radical (unpaired) electrons. The van der Waals surface area contributed by atoms with Crippen molar-refractivity contribution in [2.45, 2.75) is 19.5 Å². The number of nitrogens with one attached hydrogen (secondary N) is 2. The highest BCUT2D eigenvalue weighted by atomic mass is 35.5. The van der Waals surface area contributed by atoms with Gasteiger partial charge in [0.2, 0.25) is 5.91 Å². The number of aromatic nitrogens is 1. The number of urea groups is 1. The molecule has 2 N–H and O–H groups in total. The quantitative estimate of drug-likeness (QED) is 0.803. The topological polar surface area (TPSA) is 74.3 Å². The number of benzene rings is 1. The second-order valence-corrected chi connectivity index (χ2v) is 8.09. The summed E-state index contributed by atoms with van der Waals surface area (Å²) >= 11 is 8.74. The van der Waals surface area contributed by atoms with Gasteiger partial charge in [0.15, 0.2) is 0 Å². The molecule has 1 atom stereocenters. The van der Waals surface area contributed by atoms with E-state index >= 15 is 0 Å². The molecule has 10 heteroatoms. The van der Waals surface area contributed by atoms with E-state index in [0.717, 1.165) is 10.7 Å². The number of hydrogen-bond donors (Lipinski definition) is 2. The molecule has 0 unspecified atom stereocenters. The van der Waals surface area contributed by atoms with Crippen LogP contribution in [0.15, 0.2) is 23.6 Å². The molecule has 1 aliphatic heterocycles. The van der Waals surface area contributed by atoms with E-state index in [4.69, 9.17) is 11.6 Å². The minimum atomic E-state index is -0.573. The highest BCUT2D eigenvalue weighted by molar-refractivity contribution is 7.99. The van der Waals surface area contributed by atoms with Crippen molar-refractivity contribution in [1.29, 1.82) is 0 Å². The first-order chi connectivity index (χ1) is 12.4. The zero-order valence-electron chi connectivity index (χ0n) is 13.8. The number of halogens is 2. The zero-order valence-corrected chi connectivity index (χ0v) is 16.2. The van der Waals surface area contributed by atoms with Crippen LogP contribution in [-0.4, -0.2) is 39.5 Å². The molecule has 1 aromatic carbocycles. The number of nitrogens with zero attached hydrogens (tertiary/aromatic N) is 2. The van der Waals surface area contributed by atoms with E-state index in [1.807, 2.05) is 12.3 Å². The maximum absolute atomic E-state index is 13.2. The van der Waals surface area contributed by atoms with E-state index in [9.17, 15) is 14.0 Å². The van der Waals surface area contributed by atoms with Crippen molar-refractivity contribution in [3.8, 4) is 0 Å². The molecular weight excluding hydrogens is 399 g/mol. The summed E-state index contributed by atoms with van der Waals surface area (Å²) in [5.41, 5.74) is 1.17. The Labute approximate surface area is 163 Å². The summed E-state index contributed by atoms with van der Waals surface area (Å²) in [5, 5.41) is 8.21. The van der Waals surface area contributed by atoms with Crippen molar-refractivity contribution in [2.75, 3.05) is 16.9 Å². The van der Waals surface area contributed by atoms with Crippen LogP contribution in [0.25, 0.3) is 0 Å². The molecule has 6 nitrogen and oxygen atoms in total. The molecule has 0 bridgehead atoms. The molecule has 1 saturated heterocycles. The SMILES string of the molecule is Cc1nc(CNC(=O)[C@H]2CSCN2C(=O)Nc2ccc(F)c(Cl)c2)cs1. The van der Waals surface area contributed by atoms with Gasteiger partial charge in [-0.05, 0) is 25.1 Å². The summed E-state index contributed by atoms with van der Waals surface area (Å²) in [6, 6.07) is 2.93. The normalized spacial score (nSPS) is 16.6. The first-order valence-corrected chi connectivity index (χ1v) is 10.1. The Morgan fingerprint density at radius 3 is 2.96 bits per heavy atom. The van der Waals surface area contributed by atoms with E-state index < -0.39 is 17.9 Å². The maximum atomic E-state index is 13.2. The molecule has 0 saturated carbocycles. The van der Waals surface area contributed by atoms with Gasteiger partial charge in [-0.25, -0.2) is 14.2 Å². The largest absolute Gasteiger partial charge is 0.349 e. The third-order valence-corrected chi connectivity index (χ3v) is 5.85. The third kappa shape index (κ3) is 4.46. The second-order valence-electron chi connectivity index (χ2n) is 5.62. The molecule has 1 aromatic heterocycles. The predicted octanol–water partition coefficient (Wildman–Crippen LogP) is 3.47. The minimum Gasteiger partial charge on any atom is -0.349 e. The summed E-state index contributed by atoms with van der Waals surface area (Å²) < 4.78 is 13.2. The van der Waals surface area contributed by atoms with Crippen LogP contribution >= 0.6 is 34.7 Å². The van der Waals surface area contributed by atoms with Crippen LogP contribution in [0, 0.1) is 12.7 Å². The van der Waals surface area contributed by atoms with Gasteiger partial charge in [-0.3, -0.25) is 4.79 Å². The van der Waals surface area contributed by atoms with Crippen molar-refractivity contribution in [3.63, 3.8) is 0 Å². The van der Waals surface area contributed by atoms with Crippen LogP contribution in [0.4, 0.5) is 14.9 Å². The minimum absolute atomic E-state index is 0.0774. The van der Waals surface area contributed by atoms with Gasteiger partial charge in [0, 0.05) is 16.8 Å². The fourth-order valence-electron chi connectivity index (χ4n) is 2.41. The highest BCUT2D eigenvalue weighted by Gasteiger charge is 2.34. The van der Waals surface area contributed by atoms with Gasteiger partial charge in [0.05, 0.1) is 28.1 Å². The number of rotatable bonds is 4. The number of amides is 3. The Kier molecular flexibility index (Phi) is 6.00. The van der Waals surface area contributed by atoms with Gasteiger partial charge >= 0.3 is 6.03 Å². The monoisotopic (exact) mass is 414 g/mol. The van der Waals surface area contributed by atoms with E-state index in [-0.39, 0.29) is 10.9 Å². The van der Waals surface area contributed by atoms with E-state index in [1.54, 1.807) is 0 Å². The van der Waals surface area contributed by atoms with Gasteiger partial charge in [-0.15, -0.1) is 23.1 Å². The summed E-state index contributed by atoms with van der Waals surface area (Å²) in [6.45, 7) is 2.23. The van der Waals surface area contributed by atoms with Crippen molar-refractivity contribution < 1.29 is 14.0 Å². The lowest BCUT2D eigenvalue weighted by Gasteiger charge is -2.23. The van der Waals surface area contributed by atoms with Gasteiger partial charge < -0.3 is 15.5 Å². The molecule has 26 heavy (non-hydrogen) atoms. The average molecular weight is 415 g/mol. The Hall–Kier alpha value is -1.84. The molecule has 0 spiro atoms. The Bertz CT molecular complexity index is 832. The van der Waals surface area contributed by atoms with E-state index in [2.05, 4.69) is 15.6 Å². The van der Waals surface area contributed by atoms with Crippen LogP contribution in [0.5, 0.6) is 0 Å². The molecule has 1 aliphatic rings. The Morgan fingerprint density at radius 2 is 2.27 bits per heavy atom. The summed E-state index contributed by atoms with van der Waals surface area (Å²) in [5.74, 6) is 0.123. The van der Waals surface area contributed by atoms with Crippen molar-refractivity contribution >= 4 is 52.3 Å². The molecule has 3 amide bonds. The lowest BCUT2D eigenvalue weighted by molar-refractivity contribution is -0.124. The molecule has 138 valence electrons. The number of thioether (sulfide) groups is 1. The smallest absolute Gasteiger partial charge is 0.323 e. The van der Waals surface area contributed by atoms with Gasteiger partial charge in [-0.1, -0.05) is 11.6 Å². The maximum Gasteiger partial charge on any atom is 0.323 e. The van der Waals surface area contributed by atoms with Crippen molar-refractivity contribution in [1.82, 2.24) is 15.2 Å². The number of carbonyl (C=O) groups is 2. The lowest BCUT2D eigenvalue weighted by atomic mass is 10.2. The Morgan fingerprint density at radius 1 is 1.46 bits per heavy atom. The van der Waals surface area contributed by atoms with Gasteiger partial charge in [0.1, 0.15) is 11.9 Å². The van der Waals surface area contributed by atoms with E-state index in [1.165, 1.54) is 46.2 Å². The molecule has 2 aromatic rings. The first kappa shape index (κ1) is 18.9. The second kappa shape index (κ2) is 8.24. The number of anilines is 1. The van der Waals surface area contributed by atoms with Crippen LogP contribution < -0.4 is 10.6 Å². The van der Waals surface area contributed by atoms with Crippen LogP contribution in [0.3, 0.4) is 0 Å². The van der Waals surface area contributed by atoms with Crippen LogP contribution in [-0.2, 0) is 11.3 Å².